The molecule has 3 heterocycles. The van der Waals surface area contributed by atoms with Gasteiger partial charge < -0.3 is 10.2 Å². The fourth-order valence-corrected chi connectivity index (χ4v) is 4.08. The number of piperidine rings is 1. The molecule has 0 spiro atoms. The number of rotatable bonds is 6. The number of amides is 1. The Labute approximate surface area is 178 Å². The molecule has 0 bridgehead atoms. The summed E-state index contributed by atoms with van der Waals surface area (Å²) in [5.41, 5.74) is 0.986. The number of anilines is 2. The third kappa shape index (κ3) is 4.89. The molecule has 0 atom stereocenters. The molecule has 1 amide bonds. The first kappa shape index (κ1) is 19.7. The summed E-state index contributed by atoms with van der Waals surface area (Å²) in [5.74, 6) is 1.35. The fourth-order valence-electron chi connectivity index (χ4n) is 3.22. The number of aromatic nitrogens is 4. The van der Waals surface area contributed by atoms with E-state index < -0.39 is 0 Å². The van der Waals surface area contributed by atoms with Crippen LogP contribution in [0.2, 0.25) is 5.02 Å². The first-order valence-electron chi connectivity index (χ1n) is 9.51. The molecule has 1 aliphatic rings. The van der Waals surface area contributed by atoms with E-state index in [1.807, 2.05) is 34.9 Å². The molecular weight excluding hydrogens is 408 g/mol. The fraction of sp³-hybridized carbons (Fsp3) is 0.300. The summed E-state index contributed by atoms with van der Waals surface area (Å²) >= 11 is 7.18. The maximum absolute atomic E-state index is 12.4. The highest BCUT2D eigenvalue weighted by Crippen LogP contribution is 2.28. The summed E-state index contributed by atoms with van der Waals surface area (Å²) in [5, 5.41) is 12.8. The molecule has 4 rings (SSSR count). The minimum atomic E-state index is -0.160. The highest BCUT2D eigenvalue weighted by molar-refractivity contribution is 7.99. The number of carbonyl (C=O) groups excluding carboxylic acids is 1. The quantitative estimate of drug-likeness (QED) is 0.597. The van der Waals surface area contributed by atoms with Crippen molar-refractivity contribution < 1.29 is 4.79 Å². The van der Waals surface area contributed by atoms with Crippen molar-refractivity contribution >= 4 is 41.0 Å². The van der Waals surface area contributed by atoms with Crippen LogP contribution in [0, 0.1) is 0 Å². The van der Waals surface area contributed by atoms with Gasteiger partial charge in [0, 0.05) is 19.3 Å². The van der Waals surface area contributed by atoms with Gasteiger partial charge in [-0.05, 0) is 43.5 Å². The predicted octanol–water partition coefficient (Wildman–Crippen LogP) is 4.04. The lowest BCUT2D eigenvalue weighted by Crippen LogP contribution is -2.31. The van der Waals surface area contributed by atoms with Gasteiger partial charge in [-0.3, -0.25) is 9.36 Å². The molecule has 1 N–H and O–H groups in total. The van der Waals surface area contributed by atoms with E-state index in [0.29, 0.717) is 16.0 Å². The van der Waals surface area contributed by atoms with E-state index in [4.69, 9.17) is 11.6 Å². The van der Waals surface area contributed by atoms with Crippen LogP contribution in [0.15, 0.2) is 53.8 Å². The molecule has 1 saturated heterocycles. The van der Waals surface area contributed by atoms with E-state index in [1.165, 1.54) is 24.4 Å². The third-order valence-electron chi connectivity index (χ3n) is 4.60. The van der Waals surface area contributed by atoms with Gasteiger partial charge in [-0.2, -0.15) is 0 Å². The van der Waals surface area contributed by atoms with Crippen molar-refractivity contribution in [1.29, 1.82) is 0 Å². The van der Waals surface area contributed by atoms with Crippen molar-refractivity contribution in [2.45, 2.75) is 24.4 Å². The first-order chi connectivity index (χ1) is 14.2. The summed E-state index contributed by atoms with van der Waals surface area (Å²) in [6.07, 6.45) is 5.05. The molecule has 1 aliphatic heterocycles. The summed E-state index contributed by atoms with van der Waals surface area (Å²) in [6, 6.07) is 13.4. The van der Waals surface area contributed by atoms with Crippen molar-refractivity contribution in [3.63, 3.8) is 0 Å². The molecule has 3 aromatic rings. The maximum Gasteiger partial charge on any atom is 0.236 e. The van der Waals surface area contributed by atoms with Crippen molar-refractivity contribution in [2.24, 2.45) is 0 Å². The van der Waals surface area contributed by atoms with Crippen molar-refractivity contribution in [3.05, 3.63) is 53.7 Å². The number of nitrogens with zero attached hydrogens (tertiary/aromatic N) is 5. The van der Waals surface area contributed by atoms with E-state index in [0.717, 1.165) is 37.6 Å². The van der Waals surface area contributed by atoms with Crippen LogP contribution >= 0.6 is 23.4 Å². The highest BCUT2D eigenvalue weighted by Gasteiger charge is 2.22. The number of pyridine rings is 1. The number of nitrogens with one attached hydrogen (secondary N) is 1. The average molecular weight is 429 g/mol. The van der Waals surface area contributed by atoms with Gasteiger partial charge in [0.15, 0.2) is 5.16 Å². The van der Waals surface area contributed by atoms with Gasteiger partial charge in [-0.25, -0.2) is 4.98 Å². The summed E-state index contributed by atoms with van der Waals surface area (Å²) in [4.78, 5) is 18.7. The zero-order chi connectivity index (χ0) is 20.1. The van der Waals surface area contributed by atoms with E-state index >= 15 is 0 Å². The lowest BCUT2D eigenvalue weighted by atomic mass is 10.1. The maximum atomic E-state index is 12.4. The van der Waals surface area contributed by atoms with E-state index in [1.54, 1.807) is 12.1 Å². The Morgan fingerprint density at radius 3 is 2.59 bits per heavy atom. The largest absolute Gasteiger partial charge is 0.341 e. The smallest absolute Gasteiger partial charge is 0.236 e. The molecule has 7 nitrogen and oxygen atoms in total. The minimum Gasteiger partial charge on any atom is -0.341 e. The Balaban J connectivity index is 1.51. The zero-order valence-corrected chi connectivity index (χ0v) is 17.4. The van der Waals surface area contributed by atoms with Crippen LogP contribution in [0.3, 0.4) is 0 Å². The first-order valence-corrected chi connectivity index (χ1v) is 10.9. The van der Waals surface area contributed by atoms with Crippen LogP contribution in [0.1, 0.15) is 19.3 Å². The monoisotopic (exact) mass is 428 g/mol. The summed E-state index contributed by atoms with van der Waals surface area (Å²) in [7, 11) is 0. The number of para-hydroxylation sites is 1. The van der Waals surface area contributed by atoms with Gasteiger partial charge in [0.05, 0.1) is 16.5 Å². The van der Waals surface area contributed by atoms with Gasteiger partial charge in [-0.1, -0.05) is 41.6 Å². The Bertz CT molecular complexity index is 957. The standard InChI is InChI=1S/C20H21ClN6OS/c21-15-9-10-17(22-13-15)23-18(28)14-29-20-25-24-19(26-11-5-2-6-12-26)27(20)16-7-3-1-4-8-16/h1,3-4,7-10,13H,2,5-6,11-12,14H2,(H,22,23,28). The molecule has 2 aromatic heterocycles. The SMILES string of the molecule is O=C(CSc1nnc(N2CCCCC2)n1-c1ccccc1)Nc1ccc(Cl)cn1. The van der Waals surface area contributed by atoms with Crippen molar-refractivity contribution in [2.75, 3.05) is 29.1 Å². The topological polar surface area (TPSA) is 75.9 Å². The normalized spacial score (nSPS) is 14.0. The number of benzene rings is 1. The van der Waals surface area contributed by atoms with Crippen molar-refractivity contribution in [3.8, 4) is 5.69 Å². The van der Waals surface area contributed by atoms with E-state index in [2.05, 4.69) is 25.4 Å². The zero-order valence-electron chi connectivity index (χ0n) is 15.8. The number of hydrogen-bond acceptors (Lipinski definition) is 6. The Kier molecular flexibility index (Phi) is 6.31. The van der Waals surface area contributed by atoms with Crippen LogP contribution in [-0.2, 0) is 4.79 Å². The molecule has 1 aromatic carbocycles. The molecule has 0 radical (unpaired) electrons. The second-order valence-electron chi connectivity index (χ2n) is 6.70. The van der Waals surface area contributed by atoms with Crippen LogP contribution in [0.25, 0.3) is 5.69 Å². The third-order valence-corrected chi connectivity index (χ3v) is 5.75. The Morgan fingerprint density at radius 2 is 1.86 bits per heavy atom. The predicted molar refractivity (Wildman–Crippen MR) is 116 cm³/mol. The summed E-state index contributed by atoms with van der Waals surface area (Å²) in [6.45, 7) is 1.94. The lowest BCUT2D eigenvalue weighted by Gasteiger charge is -2.27. The molecule has 1 fully saturated rings. The summed E-state index contributed by atoms with van der Waals surface area (Å²) < 4.78 is 2.03. The van der Waals surface area contributed by atoms with Crippen LogP contribution in [-0.4, -0.2) is 44.5 Å². The lowest BCUT2D eigenvalue weighted by molar-refractivity contribution is -0.113. The van der Waals surface area contributed by atoms with Gasteiger partial charge in [-0.15, -0.1) is 10.2 Å². The van der Waals surface area contributed by atoms with Gasteiger partial charge in [0.25, 0.3) is 0 Å². The molecular formula is C20H21ClN6OS. The second kappa shape index (κ2) is 9.28. The molecule has 150 valence electrons. The van der Waals surface area contributed by atoms with E-state index in [9.17, 15) is 4.79 Å². The number of thioether (sulfide) groups is 1. The van der Waals surface area contributed by atoms with Crippen molar-refractivity contribution in [1.82, 2.24) is 19.7 Å². The van der Waals surface area contributed by atoms with Gasteiger partial charge in [0.2, 0.25) is 11.9 Å². The van der Waals surface area contributed by atoms with Crippen LogP contribution in [0.4, 0.5) is 11.8 Å². The van der Waals surface area contributed by atoms with Crippen LogP contribution < -0.4 is 10.2 Å². The number of hydrogen-bond donors (Lipinski definition) is 1. The van der Waals surface area contributed by atoms with Gasteiger partial charge in [0.1, 0.15) is 5.82 Å². The van der Waals surface area contributed by atoms with E-state index in [-0.39, 0.29) is 11.7 Å². The average Bonchev–Trinajstić information content (AvgIpc) is 3.19. The molecule has 29 heavy (non-hydrogen) atoms. The Hall–Kier alpha value is -2.58. The van der Waals surface area contributed by atoms with Crippen LogP contribution in [0.5, 0.6) is 0 Å². The molecule has 9 heteroatoms. The second-order valence-corrected chi connectivity index (χ2v) is 8.08. The Morgan fingerprint density at radius 1 is 1.07 bits per heavy atom. The number of carbonyl (C=O) groups is 1. The molecule has 0 aliphatic carbocycles. The molecule has 0 saturated carbocycles. The number of halogens is 1. The minimum absolute atomic E-state index is 0.160. The highest BCUT2D eigenvalue weighted by atomic mass is 35.5. The molecule has 0 unspecified atom stereocenters. The van der Waals surface area contributed by atoms with Gasteiger partial charge >= 0.3 is 0 Å².